The van der Waals surface area contributed by atoms with Gasteiger partial charge in [0.05, 0.1) is 13.2 Å². The average Bonchev–Trinajstić information content (AvgIpc) is 2.34. The number of hydrogen-bond acceptors (Lipinski definition) is 4. The van der Waals surface area contributed by atoms with E-state index in [4.69, 9.17) is 4.74 Å². The molecule has 0 aliphatic heterocycles. The summed E-state index contributed by atoms with van der Waals surface area (Å²) in [5.41, 5.74) is -0.184. The van der Waals surface area contributed by atoms with E-state index in [1.165, 1.54) is 0 Å². The molecule has 6 nitrogen and oxygen atoms in total. The van der Waals surface area contributed by atoms with Gasteiger partial charge in [0.25, 0.3) is 0 Å². The van der Waals surface area contributed by atoms with E-state index in [1.807, 2.05) is 20.8 Å². The molecule has 0 rings (SSSR count). The minimum atomic E-state index is -0.184. The fourth-order valence-electron chi connectivity index (χ4n) is 1.29. The average molecular weight is 273 g/mol. The van der Waals surface area contributed by atoms with Crippen molar-refractivity contribution >= 4 is 11.8 Å². The lowest BCUT2D eigenvalue weighted by Gasteiger charge is -2.24. The molecule has 19 heavy (non-hydrogen) atoms. The summed E-state index contributed by atoms with van der Waals surface area (Å²) < 4.78 is 4.82. The standard InChI is InChI=1S/C13H27N3O3/c1-5-13(2,3)16-12(18)10-14-7-6-11(17)15-8-9-19-4/h14H,5-10H2,1-4H3,(H,15,17)(H,16,18). The highest BCUT2D eigenvalue weighted by molar-refractivity contribution is 5.79. The van der Waals surface area contributed by atoms with Crippen molar-refractivity contribution in [1.29, 1.82) is 0 Å². The highest BCUT2D eigenvalue weighted by atomic mass is 16.5. The summed E-state index contributed by atoms with van der Waals surface area (Å²) in [6.45, 7) is 7.72. The minimum Gasteiger partial charge on any atom is -0.383 e. The summed E-state index contributed by atoms with van der Waals surface area (Å²) in [6.07, 6.45) is 1.23. The van der Waals surface area contributed by atoms with E-state index in [1.54, 1.807) is 7.11 Å². The molecular formula is C13H27N3O3. The van der Waals surface area contributed by atoms with E-state index in [2.05, 4.69) is 16.0 Å². The van der Waals surface area contributed by atoms with Gasteiger partial charge in [-0.05, 0) is 20.3 Å². The predicted octanol–water partition coefficient (Wildman–Crippen LogP) is 0.0335. The monoisotopic (exact) mass is 273 g/mol. The molecule has 0 heterocycles. The number of ether oxygens (including phenoxy) is 1. The van der Waals surface area contributed by atoms with E-state index >= 15 is 0 Å². The van der Waals surface area contributed by atoms with Crippen molar-refractivity contribution in [1.82, 2.24) is 16.0 Å². The highest BCUT2D eigenvalue weighted by Gasteiger charge is 2.17. The zero-order valence-electron chi connectivity index (χ0n) is 12.5. The maximum absolute atomic E-state index is 11.6. The fourth-order valence-corrected chi connectivity index (χ4v) is 1.29. The molecule has 2 amide bonds. The molecule has 0 unspecified atom stereocenters. The Hall–Kier alpha value is -1.14. The summed E-state index contributed by atoms with van der Waals surface area (Å²) in [4.78, 5) is 22.9. The lowest BCUT2D eigenvalue weighted by atomic mass is 10.0. The van der Waals surface area contributed by atoms with Crippen molar-refractivity contribution in [2.24, 2.45) is 0 Å². The van der Waals surface area contributed by atoms with Crippen LogP contribution in [0.4, 0.5) is 0 Å². The maximum atomic E-state index is 11.6. The number of methoxy groups -OCH3 is 1. The molecule has 0 aromatic rings. The van der Waals surface area contributed by atoms with Crippen LogP contribution in [0.15, 0.2) is 0 Å². The summed E-state index contributed by atoms with van der Waals surface area (Å²) >= 11 is 0. The molecule has 0 saturated heterocycles. The third-order valence-corrected chi connectivity index (χ3v) is 2.80. The van der Waals surface area contributed by atoms with E-state index < -0.39 is 0 Å². The summed E-state index contributed by atoms with van der Waals surface area (Å²) in [5.74, 6) is -0.0921. The number of amides is 2. The van der Waals surface area contributed by atoms with Crippen LogP contribution in [0, 0.1) is 0 Å². The van der Waals surface area contributed by atoms with Gasteiger partial charge in [-0.2, -0.15) is 0 Å². The molecule has 0 aromatic heterocycles. The number of hydrogen-bond donors (Lipinski definition) is 3. The number of rotatable bonds is 10. The van der Waals surface area contributed by atoms with E-state index in [-0.39, 0.29) is 23.9 Å². The van der Waals surface area contributed by atoms with Gasteiger partial charge in [0.1, 0.15) is 0 Å². The molecule has 112 valence electrons. The fraction of sp³-hybridized carbons (Fsp3) is 0.846. The first-order chi connectivity index (χ1) is 8.91. The minimum absolute atomic E-state index is 0.0427. The molecule has 0 aromatic carbocycles. The predicted molar refractivity (Wildman–Crippen MR) is 74.9 cm³/mol. The Morgan fingerprint density at radius 3 is 2.42 bits per heavy atom. The first-order valence-electron chi connectivity index (χ1n) is 6.68. The number of nitrogens with one attached hydrogen (secondary N) is 3. The van der Waals surface area contributed by atoms with Crippen LogP contribution in [0.5, 0.6) is 0 Å². The molecule has 0 spiro atoms. The third kappa shape index (κ3) is 10.5. The van der Waals surface area contributed by atoms with Gasteiger partial charge in [-0.3, -0.25) is 9.59 Å². The Bertz CT molecular complexity index is 280. The van der Waals surface area contributed by atoms with Crippen LogP contribution in [0.1, 0.15) is 33.6 Å². The number of carbonyl (C=O) groups excluding carboxylic acids is 2. The van der Waals surface area contributed by atoms with Crippen molar-refractivity contribution in [2.45, 2.75) is 39.2 Å². The SMILES string of the molecule is CCC(C)(C)NC(=O)CNCCC(=O)NCCOC. The Morgan fingerprint density at radius 2 is 1.84 bits per heavy atom. The Balaban J connectivity index is 3.58. The maximum Gasteiger partial charge on any atom is 0.234 e. The molecule has 0 fully saturated rings. The van der Waals surface area contributed by atoms with Gasteiger partial charge in [-0.1, -0.05) is 6.92 Å². The first-order valence-corrected chi connectivity index (χ1v) is 6.68. The zero-order valence-corrected chi connectivity index (χ0v) is 12.5. The highest BCUT2D eigenvalue weighted by Crippen LogP contribution is 2.05. The molecule has 3 N–H and O–H groups in total. The lowest BCUT2D eigenvalue weighted by Crippen LogP contribution is -2.46. The van der Waals surface area contributed by atoms with Crippen LogP contribution in [0.25, 0.3) is 0 Å². The van der Waals surface area contributed by atoms with Gasteiger partial charge >= 0.3 is 0 Å². The topological polar surface area (TPSA) is 79.5 Å². The molecule has 0 aliphatic rings. The quantitative estimate of drug-likeness (QED) is 0.491. The second-order valence-electron chi connectivity index (χ2n) is 5.06. The molecule has 0 atom stereocenters. The van der Waals surface area contributed by atoms with Gasteiger partial charge in [0.15, 0.2) is 0 Å². The van der Waals surface area contributed by atoms with Gasteiger partial charge in [0, 0.05) is 32.2 Å². The summed E-state index contributed by atoms with van der Waals surface area (Å²) in [7, 11) is 1.59. The summed E-state index contributed by atoms with van der Waals surface area (Å²) in [5, 5.41) is 8.58. The number of carbonyl (C=O) groups is 2. The van der Waals surface area contributed by atoms with Gasteiger partial charge < -0.3 is 20.7 Å². The Kier molecular flexibility index (Phi) is 9.16. The second-order valence-corrected chi connectivity index (χ2v) is 5.06. The molecule has 0 radical (unpaired) electrons. The molecule has 6 heteroatoms. The lowest BCUT2D eigenvalue weighted by molar-refractivity contribution is -0.123. The van der Waals surface area contributed by atoms with Gasteiger partial charge in [-0.15, -0.1) is 0 Å². The van der Waals surface area contributed by atoms with Crippen molar-refractivity contribution in [3.63, 3.8) is 0 Å². The van der Waals surface area contributed by atoms with E-state index in [9.17, 15) is 9.59 Å². The molecule has 0 aliphatic carbocycles. The second kappa shape index (κ2) is 9.75. The van der Waals surface area contributed by atoms with E-state index in [0.717, 1.165) is 6.42 Å². The smallest absolute Gasteiger partial charge is 0.234 e. The largest absolute Gasteiger partial charge is 0.383 e. The van der Waals surface area contributed by atoms with Crippen molar-refractivity contribution < 1.29 is 14.3 Å². The summed E-state index contributed by atoms with van der Waals surface area (Å²) in [6, 6.07) is 0. The Morgan fingerprint density at radius 1 is 1.16 bits per heavy atom. The van der Waals surface area contributed by atoms with Crippen molar-refractivity contribution in [3.8, 4) is 0 Å². The van der Waals surface area contributed by atoms with Crippen LogP contribution < -0.4 is 16.0 Å². The van der Waals surface area contributed by atoms with Crippen LogP contribution in [-0.2, 0) is 14.3 Å². The van der Waals surface area contributed by atoms with E-state index in [0.29, 0.717) is 26.1 Å². The third-order valence-electron chi connectivity index (χ3n) is 2.80. The van der Waals surface area contributed by atoms with Crippen LogP contribution in [0.3, 0.4) is 0 Å². The molecule has 0 bridgehead atoms. The van der Waals surface area contributed by atoms with Crippen LogP contribution in [-0.4, -0.2) is 50.7 Å². The normalized spacial score (nSPS) is 11.2. The zero-order chi connectivity index (χ0) is 14.7. The first kappa shape index (κ1) is 17.9. The van der Waals surface area contributed by atoms with Crippen molar-refractivity contribution in [3.05, 3.63) is 0 Å². The van der Waals surface area contributed by atoms with Crippen molar-refractivity contribution in [2.75, 3.05) is 33.4 Å². The van der Waals surface area contributed by atoms with Gasteiger partial charge in [-0.25, -0.2) is 0 Å². The van der Waals surface area contributed by atoms with Gasteiger partial charge in [0.2, 0.25) is 11.8 Å². The molecular weight excluding hydrogens is 246 g/mol. The Labute approximate surface area is 115 Å². The molecule has 0 saturated carbocycles. The van der Waals surface area contributed by atoms with Crippen LogP contribution >= 0.6 is 0 Å². The van der Waals surface area contributed by atoms with Crippen LogP contribution in [0.2, 0.25) is 0 Å².